The second-order valence-electron chi connectivity index (χ2n) is 5.40. The number of amides is 1. The van der Waals surface area contributed by atoms with Crippen LogP contribution < -0.4 is 0 Å². The third kappa shape index (κ3) is 4.03. The number of pyridine rings is 1. The third-order valence-corrected chi connectivity index (χ3v) is 3.98. The number of aromatic nitrogens is 1. The van der Waals surface area contributed by atoms with Crippen LogP contribution in [0.3, 0.4) is 0 Å². The summed E-state index contributed by atoms with van der Waals surface area (Å²) in [5.74, 6) is 0.249. The van der Waals surface area contributed by atoms with Gasteiger partial charge in [-0.1, -0.05) is 6.07 Å². The molecule has 0 bridgehead atoms. The molecule has 0 unspecified atom stereocenters. The van der Waals surface area contributed by atoms with Gasteiger partial charge in [0.2, 0.25) is 5.91 Å². The molecule has 0 saturated carbocycles. The molecule has 1 aromatic rings. The van der Waals surface area contributed by atoms with Crippen molar-refractivity contribution in [2.75, 3.05) is 27.2 Å². The molecule has 0 N–H and O–H groups in total. The number of carbonyl (C=O) groups is 1. The van der Waals surface area contributed by atoms with E-state index in [0.29, 0.717) is 12.5 Å². The van der Waals surface area contributed by atoms with E-state index in [4.69, 9.17) is 0 Å². The van der Waals surface area contributed by atoms with Crippen molar-refractivity contribution >= 4 is 5.91 Å². The summed E-state index contributed by atoms with van der Waals surface area (Å²) in [6.07, 6.45) is 7.13. The smallest absolute Gasteiger partial charge is 0.222 e. The van der Waals surface area contributed by atoms with Crippen LogP contribution in [0.4, 0.5) is 0 Å². The van der Waals surface area contributed by atoms with Crippen LogP contribution in [-0.4, -0.2) is 53.9 Å². The Labute approximate surface area is 115 Å². The van der Waals surface area contributed by atoms with Crippen molar-refractivity contribution in [1.29, 1.82) is 0 Å². The van der Waals surface area contributed by atoms with Gasteiger partial charge in [-0.05, 0) is 51.0 Å². The van der Waals surface area contributed by atoms with Gasteiger partial charge in [0.15, 0.2) is 0 Å². The molecule has 19 heavy (non-hydrogen) atoms. The molecular weight excluding hydrogens is 238 g/mol. The molecule has 1 aromatic heterocycles. The Hall–Kier alpha value is -1.42. The minimum atomic E-state index is 0.249. The molecule has 0 spiro atoms. The van der Waals surface area contributed by atoms with E-state index in [0.717, 1.165) is 37.9 Å². The van der Waals surface area contributed by atoms with E-state index in [1.165, 1.54) is 0 Å². The average molecular weight is 261 g/mol. The number of carbonyl (C=O) groups excluding carboxylic acids is 1. The molecule has 4 heteroatoms. The van der Waals surface area contributed by atoms with Gasteiger partial charge in [-0.15, -0.1) is 0 Å². The first-order chi connectivity index (χ1) is 9.16. The number of nitrogens with zero attached hydrogens (tertiary/aromatic N) is 3. The Morgan fingerprint density at radius 3 is 2.84 bits per heavy atom. The first kappa shape index (κ1) is 14.0. The lowest BCUT2D eigenvalue weighted by Crippen LogP contribution is -2.44. The molecule has 2 heterocycles. The number of aryl methyl sites for hydroxylation is 1. The Kier molecular flexibility index (Phi) is 4.91. The first-order valence-electron chi connectivity index (χ1n) is 7.00. The van der Waals surface area contributed by atoms with Gasteiger partial charge in [-0.3, -0.25) is 9.78 Å². The normalized spacial score (nSPS) is 17.4. The maximum atomic E-state index is 12.2. The fourth-order valence-electron chi connectivity index (χ4n) is 2.56. The number of rotatable bonds is 4. The molecular formula is C15H23N3O. The molecule has 0 atom stereocenters. The number of hydrogen-bond acceptors (Lipinski definition) is 3. The zero-order chi connectivity index (χ0) is 13.7. The lowest BCUT2D eigenvalue weighted by Gasteiger charge is -2.35. The molecule has 0 radical (unpaired) electrons. The second kappa shape index (κ2) is 6.66. The summed E-state index contributed by atoms with van der Waals surface area (Å²) in [5, 5.41) is 0. The van der Waals surface area contributed by atoms with E-state index in [1.54, 1.807) is 6.20 Å². The Morgan fingerprint density at radius 2 is 2.21 bits per heavy atom. The van der Waals surface area contributed by atoms with E-state index < -0.39 is 0 Å². The molecule has 4 nitrogen and oxygen atoms in total. The molecule has 1 saturated heterocycles. The quantitative estimate of drug-likeness (QED) is 0.825. The molecule has 2 rings (SSSR count). The van der Waals surface area contributed by atoms with Crippen molar-refractivity contribution in [3.8, 4) is 0 Å². The van der Waals surface area contributed by atoms with Crippen LogP contribution >= 0.6 is 0 Å². The summed E-state index contributed by atoms with van der Waals surface area (Å²) in [6, 6.07) is 4.36. The summed E-state index contributed by atoms with van der Waals surface area (Å²) in [6.45, 7) is 2.18. The van der Waals surface area contributed by atoms with Crippen molar-refractivity contribution in [3.63, 3.8) is 0 Å². The summed E-state index contributed by atoms with van der Waals surface area (Å²) in [5.41, 5.74) is 1.13. The van der Waals surface area contributed by atoms with Crippen molar-refractivity contribution in [2.24, 2.45) is 0 Å². The van der Waals surface area contributed by atoms with Crippen LogP contribution in [0.15, 0.2) is 24.5 Å². The predicted molar refractivity (Wildman–Crippen MR) is 75.8 cm³/mol. The standard InChI is InChI=1S/C15H23N3O/c1-17-10-7-14(8-11-17)18(2)15(19)6-5-13-4-3-9-16-12-13/h3-4,9,12,14H,5-8,10-11H2,1-2H3. The van der Waals surface area contributed by atoms with Gasteiger partial charge >= 0.3 is 0 Å². The van der Waals surface area contributed by atoms with Crippen LogP contribution in [0.25, 0.3) is 0 Å². The largest absolute Gasteiger partial charge is 0.343 e. The summed E-state index contributed by atoms with van der Waals surface area (Å²) in [7, 11) is 4.09. The Balaban J connectivity index is 1.79. The van der Waals surface area contributed by atoms with Crippen LogP contribution in [0.2, 0.25) is 0 Å². The van der Waals surface area contributed by atoms with Crippen LogP contribution in [0.1, 0.15) is 24.8 Å². The molecule has 1 fully saturated rings. The third-order valence-electron chi connectivity index (χ3n) is 3.98. The predicted octanol–water partition coefficient (Wildman–Crippen LogP) is 1.57. The van der Waals surface area contributed by atoms with Crippen LogP contribution in [-0.2, 0) is 11.2 Å². The Morgan fingerprint density at radius 1 is 1.47 bits per heavy atom. The fourth-order valence-corrected chi connectivity index (χ4v) is 2.56. The van der Waals surface area contributed by atoms with Crippen LogP contribution in [0.5, 0.6) is 0 Å². The molecule has 0 aliphatic carbocycles. The topological polar surface area (TPSA) is 36.4 Å². The maximum Gasteiger partial charge on any atom is 0.222 e. The highest BCUT2D eigenvalue weighted by Crippen LogP contribution is 2.15. The average Bonchev–Trinajstić information content (AvgIpc) is 2.46. The van der Waals surface area contributed by atoms with E-state index in [9.17, 15) is 4.79 Å². The van der Waals surface area contributed by atoms with Gasteiger partial charge in [-0.2, -0.15) is 0 Å². The van der Waals surface area contributed by atoms with Crippen molar-refractivity contribution in [2.45, 2.75) is 31.7 Å². The Bertz CT molecular complexity index is 399. The van der Waals surface area contributed by atoms with Gasteiger partial charge in [-0.25, -0.2) is 0 Å². The molecule has 1 aliphatic heterocycles. The maximum absolute atomic E-state index is 12.2. The fraction of sp³-hybridized carbons (Fsp3) is 0.600. The van der Waals surface area contributed by atoms with Crippen molar-refractivity contribution in [1.82, 2.24) is 14.8 Å². The zero-order valence-corrected chi connectivity index (χ0v) is 11.9. The first-order valence-corrected chi connectivity index (χ1v) is 7.00. The highest BCUT2D eigenvalue weighted by atomic mass is 16.2. The van der Waals surface area contributed by atoms with Gasteiger partial charge in [0, 0.05) is 31.9 Å². The number of likely N-dealkylation sites (tertiary alicyclic amines) is 1. The van der Waals surface area contributed by atoms with Gasteiger partial charge < -0.3 is 9.80 Å². The van der Waals surface area contributed by atoms with Crippen molar-refractivity contribution in [3.05, 3.63) is 30.1 Å². The lowest BCUT2D eigenvalue weighted by atomic mass is 10.0. The molecule has 104 valence electrons. The van der Waals surface area contributed by atoms with E-state index in [-0.39, 0.29) is 5.91 Å². The molecule has 1 amide bonds. The lowest BCUT2D eigenvalue weighted by molar-refractivity contribution is -0.132. The van der Waals surface area contributed by atoms with Crippen LogP contribution in [0, 0.1) is 0 Å². The summed E-state index contributed by atoms with van der Waals surface area (Å²) < 4.78 is 0. The zero-order valence-electron chi connectivity index (χ0n) is 11.9. The van der Waals surface area contributed by atoms with Gasteiger partial charge in [0.25, 0.3) is 0 Å². The number of hydrogen-bond donors (Lipinski definition) is 0. The summed E-state index contributed by atoms with van der Waals surface area (Å²) >= 11 is 0. The second-order valence-corrected chi connectivity index (χ2v) is 5.40. The molecule has 0 aromatic carbocycles. The minimum Gasteiger partial charge on any atom is -0.343 e. The van der Waals surface area contributed by atoms with Crippen molar-refractivity contribution < 1.29 is 4.79 Å². The monoisotopic (exact) mass is 261 g/mol. The SMILES string of the molecule is CN1CCC(N(C)C(=O)CCc2cccnc2)CC1. The molecule has 1 aliphatic rings. The van der Waals surface area contributed by atoms with Gasteiger partial charge in [0.1, 0.15) is 0 Å². The highest BCUT2D eigenvalue weighted by molar-refractivity contribution is 5.76. The summed E-state index contributed by atoms with van der Waals surface area (Å²) in [4.78, 5) is 20.5. The van der Waals surface area contributed by atoms with E-state index >= 15 is 0 Å². The van der Waals surface area contributed by atoms with Gasteiger partial charge in [0.05, 0.1) is 0 Å². The van der Waals surface area contributed by atoms with E-state index in [1.807, 2.05) is 30.3 Å². The highest BCUT2D eigenvalue weighted by Gasteiger charge is 2.23. The minimum absolute atomic E-state index is 0.249. The van der Waals surface area contributed by atoms with E-state index in [2.05, 4.69) is 16.9 Å². The number of piperidine rings is 1.